The summed E-state index contributed by atoms with van der Waals surface area (Å²) in [6.07, 6.45) is 0. The lowest BCUT2D eigenvalue weighted by molar-refractivity contribution is 0.309. The molecule has 0 fully saturated rings. The van der Waals surface area contributed by atoms with E-state index in [0.717, 1.165) is 28.2 Å². The van der Waals surface area contributed by atoms with Gasteiger partial charge >= 0.3 is 0 Å². The first-order chi connectivity index (χ1) is 15.0. The van der Waals surface area contributed by atoms with E-state index in [1.807, 2.05) is 13.8 Å². The number of nitrogens with zero attached hydrogens (tertiary/aromatic N) is 2. The maximum absolute atomic E-state index is 11.0. The van der Waals surface area contributed by atoms with Gasteiger partial charge in [-0.15, -0.1) is 0 Å². The molecule has 1 aliphatic heterocycles. The number of phenolic OH excluding ortho intramolecular Hbond substituents is 1. The van der Waals surface area contributed by atoms with Gasteiger partial charge in [0.15, 0.2) is 0 Å². The molecule has 0 saturated carbocycles. The topological polar surface area (TPSA) is 47.9 Å². The molecule has 0 atom stereocenters. The molecule has 0 aliphatic carbocycles. The van der Waals surface area contributed by atoms with E-state index in [1.54, 1.807) is 0 Å². The van der Waals surface area contributed by atoms with Crippen LogP contribution in [0, 0.1) is 62.3 Å². The van der Waals surface area contributed by atoms with Crippen molar-refractivity contribution in [3.05, 3.63) is 50.1 Å². The number of aromatic hydroxyl groups is 1. The van der Waals surface area contributed by atoms with Crippen molar-refractivity contribution in [1.82, 2.24) is 5.32 Å². The fourth-order valence-electron chi connectivity index (χ4n) is 5.11. The zero-order valence-corrected chi connectivity index (χ0v) is 23.0. The second-order valence-electron chi connectivity index (χ2n) is 11.1. The second-order valence-corrected chi connectivity index (χ2v) is 11.1. The van der Waals surface area contributed by atoms with E-state index in [-0.39, 0.29) is 11.1 Å². The summed E-state index contributed by atoms with van der Waals surface area (Å²) in [5, 5.41) is 14.7. The van der Waals surface area contributed by atoms with Crippen molar-refractivity contribution >= 4 is 17.2 Å². The Labute approximate surface area is 201 Å². The van der Waals surface area contributed by atoms with Gasteiger partial charge in [-0.1, -0.05) is 0 Å². The van der Waals surface area contributed by atoms with E-state index < -0.39 is 0 Å². The van der Waals surface area contributed by atoms with Crippen molar-refractivity contribution in [2.24, 2.45) is 4.99 Å². The molecule has 2 aromatic rings. The Morgan fingerprint density at radius 1 is 0.636 bits per heavy atom. The first-order valence-electron chi connectivity index (χ1n) is 12.0. The van der Waals surface area contributed by atoms with Crippen molar-refractivity contribution in [2.45, 2.75) is 101 Å². The predicted molar refractivity (Wildman–Crippen MR) is 143 cm³/mol. The maximum atomic E-state index is 11.0. The van der Waals surface area contributed by atoms with Crippen LogP contribution >= 0.6 is 0 Å². The number of benzene rings is 2. The third kappa shape index (κ3) is 3.82. The van der Waals surface area contributed by atoms with E-state index in [2.05, 4.69) is 86.4 Å². The highest BCUT2D eigenvalue weighted by molar-refractivity contribution is 5.94. The van der Waals surface area contributed by atoms with Crippen molar-refractivity contribution in [2.75, 3.05) is 11.4 Å². The van der Waals surface area contributed by atoms with Crippen molar-refractivity contribution < 1.29 is 5.11 Å². The number of hydrogen-bond acceptors (Lipinski definition) is 4. The summed E-state index contributed by atoms with van der Waals surface area (Å²) in [5.74, 6) is 1.37. The molecule has 0 aromatic heterocycles. The van der Waals surface area contributed by atoms with Crippen LogP contribution in [0.4, 0.5) is 11.4 Å². The molecule has 3 rings (SSSR count). The van der Waals surface area contributed by atoms with Crippen LogP contribution in [0.1, 0.15) is 77.8 Å². The molecule has 1 aliphatic rings. The maximum Gasteiger partial charge on any atom is 0.123 e. The lowest BCUT2D eigenvalue weighted by Crippen LogP contribution is -2.51. The number of hydrogen-bond donors (Lipinski definition) is 2. The average Bonchev–Trinajstić information content (AvgIpc) is 2.93. The van der Waals surface area contributed by atoms with E-state index in [1.165, 1.54) is 39.1 Å². The first-order valence-corrected chi connectivity index (χ1v) is 12.0. The molecule has 2 N–H and O–H groups in total. The molecule has 2 aromatic carbocycles. The molecule has 4 nitrogen and oxygen atoms in total. The summed E-state index contributed by atoms with van der Waals surface area (Å²) >= 11 is 0. The highest BCUT2D eigenvalue weighted by Crippen LogP contribution is 2.44. The molecule has 33 heavy (non-hydrogen) atoms. The average molecular weight is 450 g/mol. The minimum absolute atomic E-state index is 0.132. The molecule has 0 spiro atoms. The van der Waals surface area contributed by atoms with Gasteiger partial charge in [0, 0.05) is 11.3 Å². The molecule has 180 valence electrons. The minimum atomic E-state index is -0.202. The summed E-state index contributed by atoms with van der Waals surface area (Å²) in [4.78, 5) is 7.50. The fraction of sp³-hybridized carbons (Fsp3) is 0.552. The molecule has 1 heterocycles. The molecule has 0 radical (unpaired) electrons. The molecule has 0 unspecified atom stereocenters. The van der Waals surface area contributed by atoms with E-state index >= 15 is 0 Å². The zero-order valence-electron chi connectivity index (χ0n) is 23.0. The van der Waals surface area contributed by atoms with Gasteiger partial charge in [0.05, 0.1) is 23.3 Å². The van der Waals surface area contributed by atoms with Crippen LogP contribution in [0.2, 0.25) is 0 Å². The highest BCUT2D eigenvalue weighted by atomic mass is 16.3. The Kier molecular flexibility index (Phi) is 6.15. The van der Waals surface area contributed by atoms with Crippen LogP contribution in [0.3, 0.4) is 0 Å². The molecule has 4 heteroatoms. The lowest BCUT2D eigenvalue weighted by atomic mass is 9.85. The number of phenols is 1. The Balaban J connectivity index is 2.35. The molecular formula is C29H43N3O. The fourth-order valence-corrected chi connectivity index (χ4v) is 5.11. The highest BCUT2D eigenvalue weighted by Gasteiger charge is 2.43. The summed E-state index contributed by atoms with van der Waals surface area (Å²) in [7, 11) is 0. The Bertz CT molecular complexity index is 1040. The number of nitrogens with one attached hydrogen (secondary N) is 1. The minimum Gasteiger partial charge on any atom is -0.507 e. The van der Waals surface area contributed by atoms with Crippen LogP contribution < -0.4 is 10.2 Å². The third-order valence-electron chi connectivity index (χ3n) is 8.75. The standard InChI is InChI=1S/C29H43N3O/c1-15-16(2)19(5)25(20(6)17(15)3)32(14-24-30-28(10,11)29(12,13)31-24)26-21(7)18(4)22(8)27(33)23(26)9/h33H,14H2,1-13H3,(H,30,31). The zero-order chi connectivity index (χ0) is 25.2. The molecular weight excluding hydrogens is 406 g/mol. The van der Waals surface area contributed by atoms with Gasteiger partial charge < -0.3 is 15.3 Å². The van der Waals surface area contributed by atoms with Crippen LogP contribution in [-0.4, -0.2) is 28.6 Å². The molecule has 0 bridgehead atoms. The first kappa shape index (κ1) is 25.1. The summed E-state index contributed by atoms with van der Waals surface area (Å²) in [5.41, 5.74) is 12.7. The summed E-state index contributed by atoms with van der Waals surface area (Å²) in [6, 6.07) is 0. The van der Waals surface area contributed by atoms with Gasteiger partial charge in [0.1, 0.15) is 11.6 Å². The number of aliphatic imine (C=N–C) groups is 1. The molecule has 0 saturated heterocycles. The van der Waals surface area contributed by atoms with Crippen molar-refractivity contribution in [3.63, 3.8) is 0 Å². The van der Waals surface area contributed by atoms with Gasteiger partial charge in [-0.2, -0.15) is 0 Å². The quantitative estimate of drug-likeness (QED) is 0.536. The van der Waals surface area contributed by atoms with Gasteiger partial charge in [-0.05, 0) is 135 Å². The van der Waals surface area contributed by atoms with Crippen LogP contribution in [0.15, 0.2) is 4.99 Å². The Morgan fingerprint density at radius 2 is 1.03 bits per heavy atom. The largest absolute Gasteiger partial charge is 0.507 e. The van der Waals surface area contributed by atoms with Crippen LogP contribution in [-0.2, 0) is 0 Å². The van der Waals surface area contributed by atoms with Gasteiger partial charge in [0.25, 0.3) is 0 Å². The van der Waals surface area contributed by atoms with Gasteiger partial charge in [-0.25, -0.2) is 0 Å². The van der Waals surface area contributed by atoms with Gasteiger partial charge in [-0.3, -0.25) is 4.99 Å². The second kappa shape index (κ2) is 8.07. The number of anilines is 2. The lowest BCUT2D eigenvalue weighted by Gasteiger charge is -2.35. The van der Waals surface area contributed by atoms with E-state index in [0.29, 0.717) is 12.3 Å². The smallest absolute Gasteiger partial charge is 0.123 e. The SMILES string of the molecule is Cc1c(C)c(C)c(N(CC2=NC(C)(C)C(C)(C)N2)c2c(C)c(C)c(C)c(O)c2C)c(C)c1C. The monoisotopic (exact) mass is 449 g/mol. The van der Waals surface area contributed by atoms with E-state index in [4.69, 9.17) is 4.99 Å². The van der Waals surface area contributed by atoms with Crippen molar-refractivity contribution in [1.29, 1.82) is 0 Å². The summed E-state index contributed by atoms with van der Waals surface area (Å²) in [6.45, 7) is 28.8. The third-order valence-corrected chi connectivity index (χ3v) is 8.75. The van der Waals surface area contributed by atoms with Crippen molar-refractivity contribution in [3.8, 4) is 5.75 Å². The van der Waals surface area contributed by atoms with E-state index in [9.17, 15) is 5.11 Å². The number of rotatable bonds is 4. The van der Waals surface area contributed by atoms with Crippen LogP contribution in [0.25, 0.3) is 0 Å². The summed E-state index contributed by atoms with van der Waals surface area (Å²) < 4.78 is 0. The van der Waals surface area contributed by atoms with Gasteiger partial charge in [0.2, 0.25) is 0 Å². The Morgan fingerprint density at radius 3 is 1.45 bits per heavy atom. The normalized spacial score (nSPS) is 16.6. The number of amidine groups is 1. The Hall–Kier alpha value is -2.49. The molecule has 0 amide bonds. The predicted octanol–water partition coefficient (Wildman–Crippen LogP) is 6.86. The van der Waals surface area contributed by atoms with Crippen LogP contribution in [0.5, 0.6) is 5.75 Å².